The smallest absolute Gasteiger partial charge is 0.0809 e. The van der Waals surface area contributed by atoms with E-state index in [2.05, 4.69) is 221 Å². The first-order valence-corrected chi connectivity index (χ1v) is 28.3. The van der Waals surface area contributed by atoms with Crippen LogP contribution >= 0.6 is 11.3 Å². The summed E-state index contributed by atoms with van der Waals surface area (Å²) in [5.41, 5.74) is 23.6. The van der Waals surface area contributed by atoms with Crippen LogP contribution in [0.15, 0.2) is 182 Å². The average Bonchev–Trinajstić information content (AvgIpc) is 3.76. The molecule has 0 N–H and O–H groups in total. The molecular weight excluding hydrogens is 909 g/mol. The summed E-state index contributed by atoms with van der Waals surface area (Å²) in [4.78, 5) is 2.72. The van der Waals surface area contributed by atoms with E-state index in [9.17, 15) is 0 Å². The summed E-state index contributed by atoms with van der Waals surface area (Å²) < 4.78 is 0. The van der Waals surface area contributed by atoms with Gasteiger partial charge in [-0.05, 0) is 145 Å². The van der Waals surface area contributed by atoms with E-state index in [0.717, 1.165) is 45.4 Å². The maximum absolute atomic E-state index is 6.15. The molecule has 0 unspecified atom stereocenters. The first kappa shape index (κ1) is 50.1. The normalized spacial score (nSPS) is 11.3. The van der Waals surface area contributed by atoms with Crippen LogP contribution in [0.5, 0.6) is 0 Å². The van der Waals surface area contributed by atoms with Crippen LogP contribution < -0.4 is 0 Å². The van der Waals surface area contributed by atoms with E-state index in [1.165, 1.54) is 160 Å². The van der Waals surface area contributed by atoms with E-state index in [0.29, 0.717) is 0 Å². The van der Waals surface area contributed by atoms with Crippen molar-refractivity contribution >= 4 is 11.3 Å². The number of benzene rings is 8. The zero-order chi connectivity index (χ0) is 50.6. The number of thiophene rings is 1. The Morgan fingerprint density at radius 1 is 0.324 bits per heavy atom. The summed E-state index contributed by atoms with van der Waals surface area (Å²) in [7, 11) is 0. The second kappa shape index (κ2) is 24.1. The molecule has 0 nitrogen and oxygen atoms in total. The minimum absolute atomic E-state index is 0.888. The van der Waals surface area contributed by atoms with Gasteiger partial charge in [0.1, 0.15) is 0 Å². The van der Waals surface area contributed by atoms with Crippen LogP contribution in [0.2, 0.25) is 0 Å². The Hall–Kier alpha value is -7.42. The molecule has 0 fully saturated rings. The van der Waals surface area contributed by atoms with Crippen LogP contribution in [0.25, 0.3) is 89.0 Å². The molecule has 31 rings (SSSR count). The van der Waals surface area contributed by atoms with Crippen LogP contribution in [0, 0.1) is 31.1 Å². The topological polar surface area (TPSA) is 0 Å². The Labute approximate surface area is 446 Å². The number of aryl methyl sites for hydroxylation is 1. The second-order valence-electron chi connectivity index (χ2n) is 20.4. The van der Waals surface area contributed by atoms with Gasteiger partial charge in [-0.2, -0.15) is 0 Å². The van der Waals surface area contributed by atoms with E-state index < -0.39 is 0 Å². The van der Waals surface area contributed by atoms with Crippen LogP contribution in [0.3, 0.4) is 0 Å². The third-order valence-electron chi connectivity index (χ3n) is 15.3. The van der Waals surface area contributed by atoms with Crippen molar-refractivity contribution in [3.05, 3.63) is 214 Å². The fourth-order valence-electron chi connectivity index (χ4n) is 10.9. The van der Waals surface area contributed by atoms with Crippen LogP contribution in [-0.2, 0) is 12.8 Å². The minimum Gasteiger partial charge on any atom is -0.131 e. The summed E-state index contributed by atoms with van der Waals surface area (Å²) >= 11 is 1.93. The lowest BCUT2D eigenvalue weighted by atomic mass is 9.92. The highest BCUT2D eigenvalue weighted by Gasteiger charge is 2.16. The molecule has 1 heterocycles. The van der Waals surface area contributed by atoms with Crippen LogP contribution in [0.4, 0.5) is 0 Å². The number of hydrogen-bond donors (Lipinski definition) is 0. The molecule has 0 saturated carbocycles. The molecule has 1 heteroatoms. The van der Waals surface area contributed by atoms with Gasteiger partial charge >= 0.3 is 0 Å². The van der Waals surface area contributed by atoms with Crippen LogP contribution in [0.1, 0.15) is 123 Å². The summed E-state index contributed by atoms with van der Waals surface area (Å²) in [5, 5.41) is 0. The number of unbranched alkanes of at least 4 members (excludes halogenated alkanes) is 10. The Balaban J connectivity index is 1.01. The Bertz CT molecular complexity index is 3420. The Morgan fingerprint density at radius 3 is 1.00 bits per heavy atom. The summed E-state index contributed by atoms with van der Waals surface area (Å²) in [5.74, 6) is 10.6. The van der Waals surface area contributed by atoms with Gasteiger partial charge in [0.2, 0.25) is 0 Å². The van der Waals surface area contributed by atoms with E-state index in [1.54, 1.807) is 5.56 Å². The van der Waals surface area contributed by atoms with E-state index in [4.69, 9.17) is 6.42 Å². The quantitative estimate of drug-likeness (QED) is 0.0752. The van der Waals surface area contributed by atoms with E-state index in [1.807, 2.05) is 11.3 Å². The molecule has 74 heavy (non-hydrogen) atoms. The van der Waals surface area contributed by atoms with Gasteiger partial charge in [0.25, 0.3) is 0 Å². The summed E-state index contributed by atoms with van der Waals surface area (Å²) in [6, 6.07) is 66.9. The van der Waals surface area contributed by atoms with Crippen molar-refractivity contribution < 1.29 is 0 Å². The molecule has 0 saturated heterocycles. The van der Waals surface area contributed by atoms with Gasteiger partial charge in [0, 0.05) is 16.0 Å². The predicted molar refractivity (Wildman–Crippen MR) is 321 cm³/mol. The van der Waals surface area contributed by atoms with Gasteiger partial charge in [-0.1, -0.05) is 266 Å². The van der Waals surface area contributed by atoms with Crippen molar-refractivity contribution in [2.24, 2.45) is 0 Å². The number of terminal acetylenes is 1. The monoisotopic (exact) mass is 977 g/mol. The highest BCUT2D eigenvalue weighted by Crippen LogP contribution is 2.37. The summed E-state index contributed by atoms with van der Waals surface area (Å²) in [6.07, 6.45) is 24.2. The molecule has 366 valence electrons. The maximum atomic E-state index is 6.15. The molecule has 0 aliphatic heterocycles. The molecule has 9 aromatic rings. The fraction of sp³-hybridized carbons (Fsp3) is 0.233. The third kappa shape index (κ3) is 11.7. The molecule has 0 atom stereocenters. The SMILES string of the molecule is C#Cc1cc2ccc1-c1ccc(cc1)-c1ccc(cc1)-c1ccc(cc1)-c1ccc(c(C#Cc3sc(C)c(CCCCCCCC)c3CCCCCCCC)c1)-c1ccc(cc1)-c1ccc(cc1)-c1ccc-2cc1. The lowest BCUT2D eigenvalue weighted by Crippen LogP contribution is -1.96. The zero-order valence-corrected chi connectivity index (χ0v) is 44.5. The van der Waals surface area contributed by atoms with Crippen molar-refractivity contribution in [2.45, 2.75) is 111 Å². The lowest BCUT2D eigenvalue weighted by Gasteiger charge is -2.12. The van der Waals surface area contributed by atoms with Gasteiger partial charge in [-0.25, -0.2) is 0 Å². The predicted octanol–water partition coefficient (Wildman–Crippen LogP) is 20.9. The molecule has 0 spiro atoms. The Kier molecular flexibility index (Phi) is 16.3. The highest BCUT2D eigenvalue weighted by molar-refractivity contribution is 7.12. The number of rotatable bonds is 14. The number of hydrogen-bond acceptors (Lipinski definition) is 1. The molecule has 0 amide bonds. The molecular formula is C73H68S. The van der Waals surface area contributed by atoms with E-state index in [-0.39, 0.29) is 0 Å². The Morgan fingerprint density at radius 2 is 0.622 bits per heavy atom. The van der Waals surface area contributed by atoms with Crippen molar-refractivity contribution in [1.82, 2.24) is 0 Å². The van der Waals surface area contributed by atoms with Crippen molar-refractivity contribution in [3.63, 3.8) is 0 Å². The third-order valence-corrected chi connectivity index (χ3v) is 16.4. The molecule has 16 bridgehead atoms. The van der Waals surface area contributed by atoms with Crippen molar-refractivity contribution in [2.75, 3.05) is 0 Å². The van der Waals surface area contributed by atoms with Crippen molar-refractivity contribution in [1.29, 1.82) is 0 Å². The molecule has 0 radical (unpaired) electrons. The molecule has 8 aromatic carbocycles. The second-order valence-corrected chi connectivity index (χ2v) is 21.6. The van der Waals surface area contributed by atoms with Gasteiger partial charge in [0.05, 0.1) is 4.88 Å². The first-order valence-electron chi connectivity index (χ1n) is 27.5. The molecule has 1 aromatic heterocycles. The largest absolute Gasteiger partial charge is 0.131 e. The first-order chi connectivity index (χ1) is 36.5. The maximum Gasteiger partial charge on any atom is 0.0809 e. The van der Waals surface area contributed by atoms with E-state index >= 15 is 0 Å². The zero-order valence-electron chi connectivity index (χ0n) is 43.7. The molecule has 22 aliphatic rings. The van der Waals surface area contributed by atoms with Gasteiger partial charge in [-0.3, -0.25) is 0 Å². The summed E-state index contributed by atoms with van der Waals surface area (Å²) in [6.45, 7) is 6.95. The van der Waals surface area contributed by atoms with Gasteiger partial charge in [-0.15, -0.1) is 17.8 Å². The van der Waals surface area contributed by atoms with Gasteiger partial charge in [0.15, 0.2) is 0 Å². The van der Waals surface area contributed by atoms with Gasteiger partial charge < -0.3 is 0 Å². The minimum atomic E-state index is 0.888. The lowest BCUT2D eigenvalue weighted by molar-refractivity contribution is 0.599. The van der Waals surface area contributed by atoms with Crippen molar-refractivity contribution in [3.8, 4) is 113 Å². The standard InChI is InChI=1S/C73H68S/c1-5-8-10-12-14-16-18-69-52(4)74-73(72(69)19-17-15-13-11-9-6-2)49-46-68-51-67-45-48-71(68)65-42-38-61(39-43-65)57-26-22-54(23-27-57)58-28-32-62(33-29-58)66-44-47-70(53(7-3)50-66)64-40-36-60(37-41-64)56-24-20-55(21-25-56)59-30-34-63(67)35-31-59/h3,20-45,47-48,50-51H,5-6,8-19H2,1-2,4H3. The van der Waals surface area contributed by atoms with Crippen LogP contribution in [-0.4, -0.2) is 0 Å². The highest BCUT2D eigenvalue weighted by atomic mass is 32.1. The average molecular weight is 977 g/mol. The molecule has 22 aliphatic carbocycles. The fourth-order valence-corrected chi connectivity index (χ4v) is 12.0.